The molecule has 0 unspecified atom stereocenters. The van der Waals surface area contributed by atoms with Gasteiger partial charge in [0.15, 0.2) is 0 Å². The molecule has 0 amide bonds. The van der Waals surface area contributed by atoms with Crippen LogP contribution in [0.5, 0.6) is 11.6 Å². The zero-order valence-electron chi connectivity index (χ0n) is 17.9. The summed E-state index contributed by atoms with van der Waals surface area (Å²) in [7, 11) is 0. The van der Waals surface area contributed by atoms with E-state index in [1.807, 2.05) is 48.5 Å². The SMILES string of the molecule is C[C@H](c1ccc(F)cc1)N1CCN(c2cc(Oc3ccnc4ccccc34)ncn2)CC1. The first-order valence-electron chi connectivity index (χ1n) is 10.8. The molecule has 0 aliphatic carbocycles. The average Bonchev–Trinajstić information content (AvgIpc) is 2.85. The molecule has 0 N–H and O–H groups in total. The number of halogens is 1. The molecule has 1 saturated heterocycles. The van der Waals surface area contributed by atoms with Crippen molar-refractivity contribution in [2.45, 2.75) is 13.0 Å². The first-order chi connectivity index (χ1) is 15.7. The normalized spacial score (nSPS) is 15.6. The molecule has 0 radical (unpaired) electrons. The number of benzene rings is 2. The van der Waals surface area contributed by atoms with Crippen LogP contribution in [0.3, 0.4) is 0 Å². The fourth-order valence-corrected chi connectivity index (χ4v) is 4.12. The summed E-state index contributed by atoms with van der Waals surface area (Å²) in [5.41, 5.74) is 2.01. The highest BCUT2D eigenvalue weighted by Crippen LogP contribution is 2.29. The summed E-state index contributed by atoms with van der Waals surface area (Å²) < 4.78 is 19.3. The van der Waals surface area contributed by atoms with E-state index < -0.39 is 0 Å². The highest BCUT2D eigenvalue weighted by atomic mass is 19.1. The number of hydrogen-bond donors (Lipinski definition) is 0. The van der Waals surface area contributed by atoms with E-state index >= 15 is 0 Å². The molecule has 1 aliphatic rings. The van der Waals surface area contributed by atoms with Crippen LogP contribution in [0.2, 0.25) is 0 Å². The predicted octanol–water partition coefficient (Wildman–Crippen LogP) is 4.84. The third kappa shape index (κ3) is 4.24. The number of anilines is 1. The number of para-hydroxylation sites is 1. The van der Waals surface area contributed by atoms with Gasteiger partial charge in [-0.05, 0) is 42.8 Å². The quantitative estimate of drug-likeness (QED) is 0.453. The lowest BCUT2D eigenvalue weighted by Crippen LogP contribution is -2.47. The van der Waals surface area contributed by atoms with Crippen LogP contribution >= 0.6 is 0 Å². The minimum atomic E-state index is -0.202. The molecule has 2 aromatic heterocycles. The zero-order chi connectivity index (χ0) is 21.9. The molecule has 4 aromatic rings. The Kier molecular flexibility index (Phi) is 5.64. The van der Waals surface area contributed by atoms with E-state index in [-0.39, 0.29) is 11.9 Å². The number of ether oxygens (including phenoxy) is 1. The maximum absolute atomic E-state index is 13.2. The number of fused-ring (bicyclic) bond motifs is 1. The number of piperazine rings is 1. The lowest BCUT2D eigenvalue weighted by molar-refractivity contribution is 0.198. The molecule has 1 aliphatic heterocycles. The summed E-state index contributed by atoms with van der Waals surface area (Å²) >= 11 is 0. The van der Waals surface area contributed by atoms with E-state index in [0.717, 1.165) is 54.2 Å². The number of rotatable bonds is 5. The van der Waals surface area contributed by atoms with Gasteiger partial charge in [0, 0.05) is 49.9 Å². The van der Waals surface area contributed by atoms with E-state index in [0.29, 0.717) is 5.88 Å². The lowest BCUT2D eigenvalue weighted by Gasteiger charge is -2.38. The van der Waals surface area contributed by atoms with Gasteiger partial charge < -0.3 is 9.64 Å². The second-order valence-corrected chi connectivity index (χ2v) is 7.89. The van der Waals surface area contributed by atoms with Crippen LogP contribution in [-0.2, 0) is 0 Å². The Morgan fingerprint density at radius 2 is 1.69 bits per heavy atom. The first-order valence-corrected chi connectivity index (χ1v) is 10.8. The predicted molar refractivity (Wildman–Crippen MR) is 122 cm³/mol. The molecule has 2 aromatic carbocycles. The molecular weight excluding hydrogens is 405 g/mol. The molecule has 1 fully saturated rings. The molecule has 162 valence electrons. The standard InChI is InChI=1S/C25H24FN5O/c1-18(19-6-8-20(26)9-7-19)30-12-14-31(15-13-30)24-16-25(29-17-28-24)32-23-10-11-27-22-5-3-2-4-21(22)23/h2-11,16-18H,12-15H2,1H3/t18-/m1/s1. The number of aromatic nitrogens is 3. The zero-order valence-corrected chi connectivity index (χ0v) is 17.9. The average molecular weight is 429 g/mol. The van der Waals surface area contributed by atoms with Crippen LogP contribution < -0.4 is 9.64 Å². The molecule has 1 atom stereocenters. The van der Waals surface area contributed by atoms with E-state index in [1.54, 1.807) is 12.5 Å². The summed E-state index contributed by atoms with van der Waals surface area (Å²) in [6.07, 6.45) is 3.28. The fraction of sp³-hybridized carbons (Fsp3) is 0.240. The van der Waals surface area contributed by atoms with Gasteiger partial charge in [-0.25, -0.2) is 14.4 Å². The van der Waals surface area contributed by atoms with Crippen molar-refractivity contribution in [2.75, 3.05) is 31.1 Å². The molecule has 0 bridgehead atoms. The lowest BCUT2D eigenvalue weighted by atomic mass is 10.1. The van der Waals surface area contributed by atoms with Crippen molar-refractivity contribution in [2.24, 2.45) is 0 Å². The van der Waals surface area contributed by atoms with E-state index in [4.69, 9.17) is 4.74 Å². The smallest absolute Gasteiger partial charge is 0.224 e. The van der Waals surface area contributed by atoms with Gasteiger partial charge in [-0.1, -0.05) is 24.3 Å². The Bertz CT molecular complexity index is 1200. The van der Waals surface area contributed by atoms with Crippen LogP contribution in [0.1, 0.15) is 18.5 Å². The Labute approximate surface area is 186 Å². The van der Waals surface area contributed by atoms with Crippen LogP contribution in [0.15, 0.2) is 73.2 Å². The van der Waals surface area contributed by atoms with Crippen molar-refractivity contribution >= 4 is 16.7 Å². The van der Waals surface area contributed by atoms with Gasteiger partial charge >= 0.3 is 0 Å². The first kappa shape index (κ1) is 20.3. The molecule has 3 heterocycles. The Hall–Kier alpha value is -3.58. The van der Waals surface area contributed by atoms with E-state index in [2.05, 4.69) is 31.7 Å². The van der Waals surface area contributed by atoms with Gasteiger partial charge in [-0.3, -0.25) is 9.88 Å². The number of nitrogens with zero attached hydrogens (tertiary/aromatic N) is 5. The number of pyridine rings is 1. The van der Waals surface area contributed by atoms with Gasteiger partial charge in [0.2, 0.25) is 5.88 Å². The highest BCUT2D eigenvalue weighted by molar-refractivity contribution is 5.84. The summed E-state index contributed by atoms with van der Waals surface area (Å²) in [6.45, 7) is 5.65. The second kappa shape index (κ2) is 8.88. The molecule has 0 saturated carbocycles. The third-order valence-corrected chi connectivity index (χ3v) is 5.99. The monoisotopic (exact) mass is 429 g/mol. The van der Waals surface area contributed by atoms with Crippen molar-refractivity contribution in [3.63, 3.8) is 0 Å². The van der Waals surface area contributed by atoms with E-state index in [9.17, 15) is 4.39 Å². The Morgan fingerprint density at radius 3 is 2.50 bits per heavy atom. The minimum absolute atomic E-state index is 0.202. The van der Waals surface area contributed by atoms with Crippen LogP contribution in [0.25, 0.3) is 10.9 Å². The van der Waals surface area contributed by atoms with Crippen LogP contribution in [0.4, 0.5) is 10.2 Å². The largest absolute Gasteiger partial charge is 0.438 e. The van der Waals surface area contributed by atoms with E-state index in [1.165, 1.54) is 12.1 Å². The fourth-order valence-electron chi connectivity index (χ4n) is 4.12. The maximum Gasteiger partial charge on any atom is 0.224 e. The summed E-state index contributed by atoms with van der Waals surface area (Å²) in [5.74, 6) is 1.88. The summed E-state index contributed by atoms with van der Waals surface area (Å²) in [4.78, 5) is 17.8. The van der Waals surface area contributed by atoms with Gasteiger partial charge in [-0.2, -0.15) is 0 Å². The minimum Gasteiger partial charge on any atom is -0.438 e. The van der Waals surface area contributed by atoms with Crippen molar-refractivity contribution < 1.29 is 9.13 Å². The Morgan fingerprint density at radius 1 is 0.906 bits per heavy atom. The van der Waals surface area contributed by atoms with Gasteiger partial charge in [0.1, 0.15) is 23.7 Å². The Balaban J connectivity index is 1.27. The van der Waals surface area contributed by atoms with Gasteiger partial charge in [-0.15, -0.1) is 0 Å². The molecule has 5 rings (SSSR count). The van der Waals surface area contributed by atoms with Crippen LogP contribution in [0, 0.1) is 5.82 Å². The van der Waals surface area contributed by atoms with Crippen molar-refractivity contribution in [1.82, 2.24) is 19.9 Å². The number of hydrogen-bond acceptors (Lipinski definition) is 6. The summed E-state index contributed by atoms with van der Waals surface area (Å²) in [6, 6.07) is 18.6. The van der Waals surface area contributed by atoms with Crippen molar-refractivity contribution in [1.29, 1.82) is 0 Å². The second-order valence-electron chi connectivity index (χ2n) is 7.89. The van der Waals surface area contributed by atoms with Crippen molar-refractivity contribution in [3.05, 3.63) is 84.6 Å². The molecule has 6 nitrogen and oxygen atoms in total. The van der Waals surface area contributed by atoms with Gasteiger partial charge in [0.25, 0.3) is 0 Å². The molecular formula is C25H24FN5O. The molecule has 0 spiro atoms. The van der Waals surface area contributed by atoms with Crippen LogP contribution in [-0.4, -0.2) is 46.0 Å². The third-order valence-electron chi connectivity index (χ3n) is 5.99. The highest BCUT2D eigenvalue weighted by Gasteiger charge is 2.23. The molecule has 32 heavy (non-hydrogen) atoms. The molecule has 7 heteroatoms. The van der Waals surface area contributed by atoms with Crippen molar-refractivity contribution in [3.8, 4) is 11.6 Å². The van der Waals surface area contributed by atoms with Gasteiger partial charge in [0.05, 0.1) is 5.52 Å². The maximum atomic E-state index is 13.2. The summed E-state index contributed by atoms with van der Waals surface area (Å²) in [5, 5.41) is 0.943. The topological polar surface area (TPSA) is 54.4 Å².